The average molecular weight is 275 g/mol. The summed E-state index contributed by atoms with van der Waals surface area (Å²) < 4.78 is 0. The first-order valence-corrected chi connectivity index (χ1v) is 7.65. The predicted molar refractivity (Wildman–Crippen MR) is 78.0 cm³/mol. The van der Waals surface area contributed by atoms with E-state index < -0.39 is 0 Å². The molecule has 1 aromatic heterocycles. The highest BCUT2D eigenvalue weighted by molar-refractivity contribution is 8.14. The Hall–Kier alpha value is -1.33. The van der Waals surface area contributed by atoms with Gasteiger partial charge in [0.05, 0.1) is 12.6 Å². The van der Waals surface area contributed by atoms with E-state index in [2.05, 4.69) is 39.6 Å². The minimum atomic E-state index is 0.381. The highest BCUT2D eigenvalue weighted by Gasteiger charge is 2.21. The highest BCUT2D eigenvalue weighted by Crippen LogP contribution is 2.26. The van der Waals surface area contributed by atoms with E-state index in [0.29, 0.717) is 12.6 Å². The van der Waals surface area contributed by atoms with Crippen molar-refractivity contribution in [1.29, 1.82) is 0 Å². The van der Waals surface area contributed by atoms with Gasteiger partial charge in [0, 0.05) is 17.3 Å². The maximum absolute atomic E-state index is 4.56. The summed E-state index contributed by atoms with van der Waals surface area (Å²) in [6.45, 7) is 0.675. The number of hydrogen-bond donors (Lipinski definition) is 1. The number of aliphatic imine (C=N–C) groups is 1. The van der Waals surface area contributed by atoms with E-state index in [4.69, 9.17) is 0 Å². The second-order valence-electron chi connectivity index (χ2n) is 3.97. The van der Waals surface area contributed by atoms with Gasteiger partial charge in [-0.15, -0.1) is 11.3 Å². The molecule has 0 spiro atoms. The molecule has 92 valence electrons. The van der Waals surface area contributed by atoms with E-state index >= 15 is 0 Å². The summed E-state index contributed by atoms with van der Waals surface area (Å²) in [5.74, 6) is 1.04. The van der Waals surface area contributed by atoms with E-state index in [1.165, 1.54) is 5.56 Å². The first kappa shape index (κ1) is 11.7. The van der Waals surface area contributed by atoms with Crippen LogP contribution < -0.4 is 5.32 Å². The van der Waals surface area contributed by atoms with Crippen molar-refractivity contribution >= 4 is 28.3 Å². The molecule has 0 amide bonds. The molecule has 3 rings (SSSR count). The predicted octanol–water partition coefficient (Wildman–Crippen LogP) is 3.08. The second-order valence-corrected chi connectivity index (χ2v) is 5.95. The van der Waals surface area contributed by atoms with Crippen LogP contribution in [0.5, 0.6) is 0 Å². The lowest BCUT2D eigenvalue weighted by Gasteiger charge is -2.09. The fourth-order valence-electron chi connectivity index (χ4n) is 1.82. The van der Waals surface area contributed by atoms with Gasteiger partial charge in [-0.3, -0.25) is 4.99 Å². The molecule has 1 aromatic carbocycles. The number of rotatable bonds is 3. The summed E-state index contributed by atoms with van der Waals surface area (Å²) in [4.78, 5) is 8.79. The number of thiazole rings is 1. The lowest BCUT2D eigenvalue weighted by Crippen LogP contribution is -2.19. The van der Waals surface area contributed by atoms with Gasteiger partial charge >= 0.3 is 0 Å². The Balaban J connectivity index is 1.63. The number of benzene rings is 1. The van der Waals surface area contributed by atoms with Gasteiger partial charge in [-0.1, -0.05) is 42.1 Å². The van der Waals surface area contributed by atoms with Gasteiger partial charge in [-0.25, -0.2) is 4.98 Å². The number of nitrogens with one attached hydrogen (secondary N) is 1. The molecule has 5 heteroatoms. The van der Waals surface area contributed by atoms with E-state index in [0.717, 1.165) is 15.9 Å². The summed E-state index contributed by atoms with van der Waals surface area (Å²) in [6.07, 6.45) is 1.82. The first-order valence-electron chi connectivity index (χ1n) is 5.79. The van der Waals surface area contributed by atoms with Crippen LogP contribution in [0, 0.1) is 0 Å². The zero-order chi connectivity index (χ0) is 12.2. The van der Waals surface area contributed by atoms with Gasteiger partial charge in [0.15, 0.2) is 5.17 Å². The number of thioether (sulfide) groups is 1. The lowest BCUT2D eigenvalue weighted by atomic mass is 10.1. The number of aromatic nitrogens is 1. The minimum Gasteiger partial charge on any atom is -0.357 e. The molecule has 0 aliphatic carbocycles. The van der Waals surface area contributed by atoms with Gasteiger partial charge in [0.2, 0.25) is 0 Å². The van der Waals surface area contributed by atoms with Crippen LogP contribution in [-0.2, 0) is 6.54 Å². The van der Waals surface area contributed by atoms with Crippen molar-refractivity contribution in [1.82, 2.24) is 10.3 Å². The number of nitrogens with zero attached hydrogens (tertiary/aromatic N) is 2. The van der Waals surface area contributed by atoms with Gasteiger partial charge in [-0.2, -0.15) is 0 Å². The molecule has 0 radical (unpaired) electrons. The van der Waals surface area contributed by atoms with Gasteiger partial charge in [0.25, 0.3) is 0 Å². The molecule has 18 heavy (non-hydrogen) atoms. The zero-order valence-electron chi connectivity index (χ0n) is 9.74. The van der Waals surface area contributed by atoms with Crippen molar-refractivity contribution in [2.45, 2.75) is 12.6 Å². The molecule has 1 fully saturated rings. The summed E-state index contributed by atoms with van der Waals surface area (Å²) in [5, 5.41) is 7.53. The Morgan fingerprint density at radius 2 is 2.22 bits per heavy atom. The van der Waals surface area contributed by atoms with Crippen molar-refractivity contribution in [3.05, 3.63) is 52.5 Å². The Kier molecular flexibility index (Phi) is 3.61. The molecule has 0 bridgehead atoms. The Morgan fingerprint density at radius 3 is 3.00 bits per heavy atom. The fourth-order valence-corrected chi connectivity index (χ4v) is 3.34. The topological polar surface area (TPSA) is 37.3 Å². The Bertz CT molecular complexity index is 522. The quantitative estimate of drug-likeness (QED) is 0.935. The maximum atomic E-state index is 4.56. The van der Waals surface area contributed by atoms with Crippen LogP contribution in [0.15, 0.2) is 46.9 Å². The van der Waals surface area contributed by atoms with E-state index in [9.17, 15) is 0 Å². The molecular weight excluding hydrogens is 262 g/mol. The second kappa shape index (κ2) is 5.54. The summed E-state index contributed by atoms with van der Waals surface area (Å²) >= 11 is 3.43. The number of amidine groups is 1. The average Bonchev–Trinajstić information content (AvgIpc) is 3.09. The molecule has 1 aliphatic heterocycles. The SMILES string of the molecule is c1ccc(C2CSC(=NCc3nccs3)N2)cc1. The molecule has 3 nitrogen and oxygen atoms in total. The molecule has 0 saturated carbocycles. The van der Waals surface area contributed by atoms with E-state index in [-0.39, 0.29) is 0 Å². The molecule has 2 heterocycles. The van der Waals surface area contributed by atoms with Crippen LogP contribution in [0.1, 0.15) is 16.6 Å². The van der Waals surface area contributed by atoms with Crippen LogP contribution >= 0.6 is 23.1 Å². The summed E-state index contributed by atoms with van der Waals surface area (Å²) in [7, 11) is 0. The largest absolute Gasteiger partial charge is 0.357 e. The third-order valence-electron chi connectivity index (χ3n) is 2.73. The molecule has 1 aliphatic rings. The minimum absolute atomic E-state index is 0.381. The molecule has 1 N–H and O–H groups in total. The number of hydrogen-bond acceptors (Lipinski definition) is 4. The van der Waals surface area contributed by atoms with E-state index in [1.54, 1.807) is 23.1 Å². The zero-order valence-corrected chi connectivity index (χ0v) is 11.4. The van der Waals surface area contributed by atoms with Crippen LogP contribution in [-0.4, -0.2) is 15.9 Å². The summed E-state index contributed by atoms with van der Waals surface area (Å²) in [5.41, 5.74) is 1.32. The first-order chi connectivity index (χ1) is 8.92. The standard InChI is InChI=1S/C13H13N3S2/c1-2-4-10(5-3-1)11-9-18-13(16-11)15-8-12-14-6-7-17-12/h1-7,11H,8-9H2,(H,15,16). The van der Waals surface area contributed by atoms with Gasteiger partial charge in [-0.05, 0) is 5.56 Å². The van der Waals surface area contributed by atoms with Crippen LogP contribution in [0.2, 0.25) is 0 Å². The Morgan fingerprint density at radius 1 is 1.33 bits per heavy atom. The highest BCUT2D eigenvalue weighted by atomic mass is 32.2. The van der Waals surface area contributed by atoms with Gasteiger partial charge < -0.3 is 5.32 Å². The third-order valence-corrected chi connectivity index (χ3v) is 4.51. The van der Waals surface area contributed by atoms with Crippen LogP contribution in [0.25, 0.3) is 0 Å². The maximum Gasteiger partial charge on any atom is 0.157 e. The summed E-state index contributed by atoms with van der Waals surface area (Å²) in [6, 6.07) is 10.9. The molecule has 1 atom stereocenters. The van der Waals surface area contributed by atoms with Crippen molar-refractivity contribution in [3.63, 3.8) is 0 Å². The monoisotopic (exact) mass is 275 g/mol. The van der Waals surface area contributed by atoms with Crippen LogP contribution in [0.3, 0.4) is 0 Å². The van der Waals surface area contributed by atoms with Gasteiger partial charge in [0.1, 0.15) is 5.01 Å². The molecule has 1 saturated heterocycles. The smallest absolute Gasteiger partial charge is 0.157 e. The molecule has 1 unspecified atom stereocenters. The normalized spacial score (nSPS) is 21.1. The van der Waals surface area contributed by atoms with Crippen LogP contribution in [0.4, 0.5) is 0 Å². The molecule has 2 aromatic rings. The van der Waals surface area contributed by atoms with E-state index in [1.807, 2.05) is 17.6 Å². The van der Waals surface area contributed by atoms with Crippen molar-refractivity contribution in [2.24, 2.45) is 4.99 Å². The Labute approximate surface area is 114 Å². The third kappa shape index (κ3) is 2.73. The lowest BCUT2D eigenvalue weighted by molar-refractivity contribution is 0.748. The molecular formula is C13H13N3S2. The van der Waals surface area contributed by atoms with Crippen molar-refractivity contribution in [2.75, 3.05) is 5.75 Å². The van der Waals surface area contributed by atoms with Crippen molar-refractivity contribution < 1.29 is 0 Å². The van der Waals surface area contributed by atoms with Crippen molar-refractivity contribution in [3.8, 4) is 0 Å². The fraction of sp³-hybridized carbons (Fsp3) is 0.231.